The van der Waals surface area contributed by atoms with Gasteiger partial charge in [-0.25, -0.2) is 9.67 Å². The van der Waals surface area contributed by atoms with Crippen LogP contribution in [-0.4, -0.2) is 31.1 Å². The van der Waals surface area contributed by atoms with Gasteiger partial charge in [-0.15, -0.1) is 5.10 Å². The Kier molecular flexibility index (Phi) is 4.43. The van der Waals surface area contributed by atoms with Gasteiger partial charge in [0.2, 0.25) is 0 Å². The number of imidazole rings is 1. The van der Waals surface area contributed by atoms with E-state index >= 15 is 0 Å². The van der Waals surface area contributed by atoms with Gasteiger partial charge in [-0.05, 0) is 39.8 Å². The summed E-state index contributed by atoms with van der Waals surface area (Å²) in [5.74, 6) is 1.05. The Balaban J connectivity index is 1.63. The van der Waals surface area contributed by atoms with Crippen LogP contribution >= 0.6 is 0 Å². The Labute approximate surface area is 136 Å². The molecule has 0 aliphatic carbocycles. The molecule has 23 heavy (non-hydrogen) atoms. The van der Waals surface area contributed by atoms with Gasteiger partial charge in [0.15, 0.2) is 0 Å². The summed E-state index contributed by atoms with van der Waals surface area (Å²) >= 11 is 0. The van der Waals surface area contributed by atoms with E-state index in [4.69, 9.17) is 0 Å². The van der Waals surface area contributed by atoms with Crippen LogP contribution < -0.4 is 5.32 Å². The zero-order chi connectivity index (χ0) is 16.4. The summed E-state index contributed by atoms with van der Waals surface area (Å²) in [4.78, 5) is 4.60. The maximum absolute atomic E-state index is 4.60. The fourth-order valence-electron chi connectivity index (χ4n) is 2.72. The predicted molar refractivity (Wildman–Crippen MR) is 91.3 cm³/mol. The monoisotopic (exact) mass is 312 g/mol. The van der Waals surface area contributed by atoms with Crippen molar-refractivity contribution in [3.05, 3.63) is 42.0 Å². The van der Waals surface area contributed by atoms with Crippen molar-refractivity contribution >= 4 is 11.0 Å². The lowest BCUT2D eigenvalue weighted by Crippen LogP contribution is -2.24. The Morgan fingerprint density at radius 1 is 1.17 bits per heavy atom. The lowest BCUT2D eigenvalue weighted by atomic mass is 10.2. The molecule has 6 heteroatoms. The van der Waals surface area contributed by atoms with Gasteiger partial charge in [-0.3, -0.25) is 0 Å². The number of aryl methyl sites for hydroxylation is 1. The largest absolute Gasteiger partial charge is 0.327 e. The van der Waals surface area contributed by atoms with Gasteiger partial charge in [-0.1, -0.05) is 17.3 Å². The van der Waals surface area contributed by atoms with E-state index in [1.807, 2.05) is 16.9 Å². The van der Waals surface area contributed by atoms with Gasteiger partial charge in [0.05, 0.1) is 29.0 Å². The molecule has 3 rings (SSSR count). The summed E-state index contributed by atoms with van der Waals surface area (Å²) < 4.78 is 4.14. The fraction of sp³-hybridized carbons (Fsp3) is 0.471. The first-order valence-electron chi connectivity index (χ1n) is 8.13. The molecule has 2 aromatic heterocycles. The average molecular weight is 312 g/mol. The molecule has 1 aromatic carbocycles. The van der Waals surface area contributed by atoms with Crippen LogP contribution in [0.1, 0.15) is 44.4 Å². The second-order valence-electron chi connectivity index (χ2n) is 6.19. The van der Waals surface area contributed by atoms with Crippen LogP contribution in [0.2, 0.25) is 0 Å². The van der Waals surface area contributed by atoms with Crippen LogP contribution in [0.3, 0.4) is 0 Å². The van der Waals surface area contributed by atoms with Gasteiger partial charge in [0, 0.05) is 19.1 Å². The third kappa shape index (κ3) is 3.27. The van der Waals surface area contributed by atoms with Crippen LogP contribution in [0, 0.1) is 6.92 Å². The van der Waals surface area contributed by atoms with Crippen molar-refractivity contribution < 1.29 is 0 Å². The molecule has 0 fully saturated rings. The maximum atomic E-state index is 4.60. The zero-order valence-corrected chi connectivity index (χ0v) is 14.2. The van der Waals surface area contributed by atoms with E-state index in [0.29, 0.717) is 6.04 Å². The minimum atomic E-state index is 0.178. The topological polar surface area (TPSA) is 60.6 Å². The predicted octanol–water partition coefficient (Wildman–Crippen LogP) is 2.87. The number of para-hydroxylation sites is 2. The van der Waals surface area contributed by atoms with Crippen molar-refractivity contribution in [1.82, 2.24) is 29.9 Å². The van der Waals surface area contributed by atoms with E-state index in [0.717, 1.165) is 30.1 Å². The molecular formula is C17H24N6. The molecule has 1 atom stereocenters. The summed E-state index contributed by atoms with van der Waals surface area (Å²) in [7, 11) is 0. The molecule has 1 N–H and O–H groups in total. The normalized spacial score (nSPS) is 13.1. The first kappa shape index (κ1) is 15.7. The Bertz CT molecular complexity index is 785. The van der Waals surface area contributed by atoms with Crippen molar-refractivity contribution in [2.45, 2.75) is 46.3 Å². The highest BCUT2D eigenvalue weighted by Gasteiger charge is 2.11. The highest BCUT2D eigenvalue weighted by Crippen LogP contribution is 2.15. The Morgan fingerprint density at radius 2 is 1.96 bits per heavy atom. The van der Waals surface area contributed by atoms with Crippen molar-refractivity contribution in [3.63, 3.8) is 0 Å². The van der Waals surface area contributed by atoms with Gasteiger partial charge in [0.1, 0.15) is 5.82 Å². The number of nitrogens with zero attached hydrogens (tertiary/aromatic N) is 5. The molecule has 0 aliphatic rings. The van der Waals surface area contributed by atoms with Crippen molar-refractivity contribution in [2.24, 2.45) is 0 Å². The van der Waals surface area contributed by atoms with Gasteiger partial charge >= 0.3 is 0 Å². The zero-order valence-electron chi connectivity index (χ0n) is 14.2. The number of rotatable bonds is 6. The number of fused-ring (bicyclic) bond motifs is 1. The molecule has 0 saturated carbocycles. The second kappa shape index (κ2) is 6.50. The molecule has 0 amide bonds. The van der Waals surface area contributed by atoms with Crippen LogP contribution in [-0.2, 0) is 6.54 Å². The average Bonchev–Trinajstić information content (AvgIpc) is 3.12. The smallest absolute Gasteiger partial charge is 0.106 e. The van der Waals surface area contributed by atoms with E-state index < -0.39 is 0 Å². The molecule has 1 unspecified atom stereocenters. The van der Waals surface area contributed by atoms with E-state index in [1.165, 1.54) is 5.52 Å². The van der Waals surface area contributed by atoms with Crippen LogP contribution in [0.15, 0.2) is 30.5 Å². The van der Waals surface area contributed by atoms with E-state index in [-0.39, 0.29) is 6.04 Å². The quantitative estimate of drug-likeness (QED) is 0.760. The number of benzene rings is 1. The molecule has 0 aliphatic heterocycles. The summed E-state index contributed by atoms with van der Waals surface area (Å²) in [6.07, 6.45) is 2.01. The van der Waals surface area contributed by atoms with Gasteiger partial charge in [0.25, 0.3) is 0 Å². The van der Waals surface area contributed by atoms with Gasteiger partial charge in [-0.2, -0.15) is 0 Å². The molecule has 122 valence electrons. The van der Waals surface area contributed by atoms with Crippen molar-refractivity contribution in [1.29, 1.82) is 0 Å². The standard InChI is InChI=1S/C17H24N6/c1-12(2)23-11-16(20-21-23)13(3)18-9-10-22-14(4)19-15-7-5-6-8-17(15)22/h5-8,11-13,18H,9-10H2,1-4H3. The number of aromatic nitrogens is 5. The van der Waals surface area contributed by atoms with E-state index in [9.17, 15) is 0 Å². The summed E-state index contributed by atoms with van der Waals surface area (Å²) in [6, 6.07) is 8.77. The number of hydrogen-bond donors (Lipinski definition) is 1. The number of nitrogens with one attached hydrogen (secondary N) is 1. The second-order valence-corrected chi connectivity index (χ2v) is 6.19. The first-order valence-corrected chi connectivity index (χ1v) is 8.13. The molecular weight excluding hydrogens is 288 g/mol. The highest BCUT2D eigenvalue weighted by atomic mass is 15.4. The van der Waals surface area contributed by atoms with Crippen LogP contribution in [0.4, 0.5) is 0 Å². The minimum Gasteiger partial charge on any atom is -0.327 e. The molecule has 0 bridgehead atoms. The lowest BCUT2D eigenvalue weighted by Gasteiger charge is -2.12. The molecule has 6 nitrogen and oxygen atoms in total. The molecule has 0 spiro atoms. The van der Waals surface area contributed by atoms with Crippen molar-refractivity contribution in [2.75, 3.05) is 6.54 Å². The lowest BCUT2D eigenvalue weighted by molar-refractivity contribution is 0.513. The van der Waals surface area contributed by atoms with Crippen LogP contribution in [0.25, 0.3) is 11.0 Å². The summed E-state index contributed by atoms with van der Waals surface area (Å²) in [6.45, 7) is 10.1. The maximum Gasteiger partial charge on any atom is 0.106 e. The van der Waals surface area contributed by atoms with Crippen LogP contribution in [0.5, 0.6) is 0 Å². The summed E-state index contributed by atoms with van der Waals surface area (Å²) in [5, 5.41) is 11.9. The summed E-state index contributed by atoms with van der Waals surface area (Å²) in [5.41, 5.74) is 3.22. The Hall–Kier alpha value is -2.21. The molecule has 2 heterocycles. The highest BCUT2D eigenvalue weighted by molar-refractivity contribution is 5.75. The fourth-order valence-corrected chi connectivity index (χ4v) is 2.72. The molecule has 0 radical (unpaired) electrons. The minimum absolute atomic E-state index is 0.178. The molecule has 0 saturated heterocycles. The third-order valence-electron chi connectivity index (χ3n) is 4.13. The number of hydrogen-bond acceptors (Lipinski definition) is 4. The SMILES string of the molecule is Cc1nc2ccccc2n1CCNC(C)c1cn(C(C)C)nn1. The van der Waals surface area contributed by atoms with Gasteiger partial charge < -0.3 is 9.88 Å². The third-order valence-corrected chi connectivity index (χ3v) is 4.13. The van der Waals surface area contributed by atoms with E-state index in [1.54, 1.807) is 0 Å². The first-order chi connectivity index (χ1) is 11.1. The molecule has 3 aromatic rings. The Morgan fingerprint density at radius 3 is 2.70 bits per heavy atom. The van der Waals surface area contributed by atoms with Crippen molar-refractivity contribution in [3.8, 4) is 0 Å². The van der Waals surface area contributed by atoms with E-state index in [2.05, 4.69) is 71.1 Å².